The Morgan fingerprint density at radius 1 is 1.21 bits per heavy atom. The average molecular weight is 434 g/mol. The number of nitrogens with zero attached hydrogens (tertiary/aromatic N) is 2. The van der Waals surface area contributed by atoms with Crippen molar-refractivity contribution < 1.29 is 18.1 Å². The van der Waals surface area contributed by atoms with E-state index in [4.69, 9.17) is 4.74 Å². The molecule has 152 valence electrons. The summed E-state index contributed by atoms with van der Waals surface area (Å²) in [6.45, 7) is 2.16. The monoisotopic (exact) mass is 433 g/mol. The molecule has 0 aliphatic rings. The highest BCUT2D eigenvalue weighted by molar-refractivity contribution is 7.89. The van der Waals surface area contributed by atoms with Crippen molar-refractivity contribution >= 4 is 27.0 Å². The zero-order valence-corrected chi connectivity index (χ0v) is 17.4. The molecule has 29 heavy (non-hydrogen) atoms. The van der Waals surface area contributed by atoms with E-state index in [1.54, 1.807) is 0 Å². The van der Waals surface area contributed by atoms with E-state index in [0.29, 0.717) is 6.42 Å². The molecule has 0 bridgehead atoms. The number of sulfonamides is 1. The molecule has 0 amide bonds. The van der Waals surface area contributed by atoms with Crippen molar-refractivity contribution in [2.24, 2.45) is 0 Å². The summed E-state index contributed by atoms with van der Waals surface area (Å²) in [5, 5.41) is 13.6. The Labute approximate surface area is 172 Å². The van der Waals surface area contributed by atoms with Gasteiger partial charge in [0, 0.05) is 30.0 Å². The number of aryl methyl sites for hydroxylation is 1. The average Bonchev–Trinajstić information content (AvgIpc) is 3.16. The minimum Gasteiger partial charge on any atom is -0.495 e. The molecule has 0 aliphatic heterocycles. The van der Waals surface area contributed by atoms with E-state index >= 15 is 0 Å². The third kappa shape index (κ3) is 4.97. The van der Waals surface area contributed by atoms with Crippen LogP contribution in [-0.2, 0) is 16.4 Å². The van der Waals surface area contributed by atoms with Gasteiger partial charge in [-0.3, -0.25) is 10.1 Å². The first kappa shape index (κ1) is 20.9. The van der Waals surface area contributed by atoms with Gasteiger partial charge in [0.15, 0.2) is 0 Å². The standard InChI is InChI=1S/C19H19N3O5S2/c1-13-3-5-14(6-4-13)19-21-15(12-28-19)9-10-20-29(25,26)18-8-7-16(22(23)24)11-17(18)27-2/h3-8,11-12,20H,9-10H2,1-2H3. The van der Waals surface area contributed by atoms with Crippen molar-refractivity contribution in [3.8, 4) is 16.3 Å². The summed E-state index contributed by atoms with van der Waals surface area (Å²) in [7, 11) is -2.62. The molecule has 8 nitrogen and oxygen atoms in total. The highest BCUT2D eigenvalue weighted by Gasteiger charge is 2.22. The van der Waals surface area contributed by atoms with Crippen molar-refractivity contribution in [2.75, 3.05) is 13.7 Å². The molecule has 2 aromatic carbocycles. The normalized spacial score (nSPS) is 11.4. The molecule has 10 heteroatoms. The minimum atomic E-state index is -3.89. The van der Waals surface area contributed by atoms with Crippen molar-refractivity contribution in [1.82, 2.24) is 9.71 Å². The first-order valence-corrected chi connectivity index (χ1v) is 11.0. The molecule has 0 aliphatic carbocycles. The molecule has 0 atom stereocenters. The fourth-order valence-electron chi connectivity index (χ4n) is 2.63. The Balaban J connectivity index is 1.67. The second-order valence-corrected chi connectivity index (χ2v) is 8.84. The molecule has 0 unspecified atom stereocenters. The number of aromatic nitrogens is 1. The molecule has 0 spiro atoms. The van der Waals surface area contributed by atoms with Crippen molar-refractivity contribution in [2.45, 2.75) is 18.2 Å². The Morgan fingerprint density at radius 2 is 1.93 bits per heavy atom. The summed E-state index contributed by atoms with van der Waals surface area (Å²) >= 11 is 1.50. The quantitative estimate of drug-likeness (QED) is 0.429. The first-order chi connectivity index (χ1) is 13.8. The van der Waals surface area contributed by atoms with Gasteiger partial charge in [0.1, 0.15) is 15.7 Å². The maximum absolute atomic E-state index is 12.6. The number of non-ortho nitro benzene ring substituents is 1. The number of ether oxygens (including phenoxy) is 1. The van der Waals surface area contributed by atoms with Crippen molar-refractivity contribution in [3.05, 3.63) is 69.2 Å². The molecule has 1 N–H and O–H groups in total. The molecule has 1 heterocycles. The summed E-state index contributed by atoms with van der Waals surface area (Å²) in [4.78, 5) is 14.7. The van der Waals surface area contributed by atoms with E-state index in [1.807, 2.05) is 36.6 Å². The molecule has 3 rings (SSSR count). The maximum atomic E-state index is 12.6. The summed E-state index contributed by atoms with van der Waals surface area (Å²) in [5.41, 5.74) is 2.72. The lowest BCUT2D eigenvalue weighted by Crippen LogP contribution is -2.26. The van der Waals surface area contributed by atoms with Crippen LogP contribution in [0.1, 0.15) is 11.3 Å². The third-order valence-electron chi connectivity index (χ3n) is 4.17. The molecular weight excluding hydrogens is 414 g/mol. The molecule has 0 fully saturated rings. The molecular formula is C19H19N3O5S2. The zero-order chi connectivity index (χ0) is 21.0. The Hall–Kier alpha value is -2.82. The van der Waals surface area contributed by atoms with Gasteiger partial charge in [-0.25, -0.2) is 18.1 Å². The van der Waals surface area contributed by atoms with Gasteiger partial charge in [-0.05, 0) is 13.0 Å². The second-order valence-electron chi connectivity index (χ2n) is 6.25. The van der Waals surface area contributed by atoms with Crippen molar-refractivity contribution in [1.29, 1.82) is 0 Å². The van der Waals surface area contributed by atoms with Gasteiger partial charge in [-0.2, -0.15) is 0 Å². The maximum Gasteiger partial charge on any atom is 0.273 e. The lowest BCUT2D eigenvalue weighted by molar-refractivity contribution is -0.385. The van der Waals surface area contributed by atoms with Crippen LogP contribution < -0.4 is 9.46 Å². The Bertz CT molecular complexity index is 1130. The number of rotatable bonds is 8. The highest BCUT2D eigenvalue weighted by Crippen LogP contribution is 2.28. The zero-order valence-electron chi connectivity index (χ0n) is 15.8. The van der Waals surface area contributed by atoms with Crippen LogP contribution in [0.3, 0.4) is 0 Å². The topological polar surface area (TPSA) is 111 Å². The van der Waals surface area contributed by atoms with Crippen LogP contribution in [0.25, 0.3) is 10.6 Å². The smallest absolute Gasteiger partial charge is 0.273 e. The predicted molar refractivity (Wildman–Crippen MR) is 111 cm³/mol. The number of nitro groups is 1. The fraction of sp³-hybridized carbons (Fsp3) is 0.211. The van der Waals surface area contributed by atoms with Gasteiger partial charge in [-0.15, -0.1) is 11.3 Å². The number of methoxy groups -OCH3 is 1. The summed E-state index contributed by atoms with van der Waals surface area (Å²) in [6, 6.07) is 11.4. The van der Waals surface area contributed by atoms with E-state index in [2.05, 4.69) is 9.71 Å². The highest BCUT2D eigenvalue weighted by atomic mass is 32.2. The number of benzene rings is 2. The molecule has 0 saturated carbocycles. The predicted octanol–water partition coefficient (Wildman–Crippen LogP) is 3.56. The van der Waals surface area contributed by atoms with Gasteiger partial charge in [0.05, 0.1) is 23.8 Å². The number of thiazole rings is 1. The second kappa shape index (κ2) is 8.68. The van der Waals surface area contributed by atoms with E-state index in [1.165, 1.54) is 24.0 Å². The van der Waals surface area contributed by atoms with Crippen LogP contribution in [0.4, 0.5) is 5.69 Å². The van der Waals surface area contributed by atoms with Crippen LogP contribution >= 0.6 is 11.3 Å². The number of hydrogen-bond donors (Lipinski definition) is 1. The first-order valence-electron chi connectivity index (χ1n) is 8.63. The Kier molecular flexibility index (Phi) is 6.26. The van der Waals surface area contributed by atoms with E-state index in [-0.39, 0.29) is 22.9 Å². The lowest BCUT2D eigenvalue weighted by atomic mass is 10.2. The van der Waals surface area contributed by atoms with Crippen LogP contribution in [0, 0.1) is 17.0 Å². The Morgan fingerprint density at radius 3 is 2.59 bits per heavy atom. The number of nitro benzene ring substituents is 1. The van der Waals surface area contributed by atoms with Crippen LogP contribution in [0.2, 0.25) is 0 Å². The van der Waals surface area contributed by atoms with Gasteiger partial charge in [0.25, 0.3) is 5.69 Å². The van der Waals surface area contributed by atoms with Gasteiger partial charge >= 0.3 is 0 Å². The van der Waals surface area contributed by atoms with Crippen LogP contribution in [-0.4, -0.2) is 32.0 Å². The minimum absolute atomic E-state index is 0.0815. The van der Waals surface area contributed by atoms with E-state index < -0.39 is 14.9 Å². The molecule has 3 aromatic rings. The third-order valence-corrected chi connectivity index (χ3v) is 6.61. The lowest BCUT2D eigenvalue weighted by Gasteiger charge is -2.10. The fourth-order valence-corrected chi connectivity index (χ4v) is 4.67. The van der Waals surface area contributed by atoms with Gasteiger partial charge < -0.3 is 4.74 Å². The van der Waals surface area contributed by atoms with E-state index in [0.717, 1.165) is 34.5 Å². The SMILES string of the molecule is COc1cc([N+](=O)[O-])ccc1S(=O)(=O)NCCc1csc(-c2ccc(C)cc2)n1. The van der Waals surface area contributed by atoms with Crippen LogP contribution in [0.15, 0.2) is 52.7 Å². The number of hydrogen-bond acceptors (Lipinski definition) is 7. The van der Waals surface area contributed by atoms with Crippen LogP contribution in [0.5, 0.6) is 5.75 Å². The van der Waals surface area contributed by atoms with E-state index in [9.17, 15) is 18.5 Å². The summed E-state index contributed by atoms with van der Waals surface area (Å²) in [5.74, 6) is -0.0815. The molecule has 0 saturated heterocycles. The number of nitrogens with one attached hydrogen (secondary N) is 1. The molecule has 0 radical (unpaired) electrons. The van der Waals surface area contributed by atoms with Gasteiger partial charge in [-0.1, -0.05) is 29.8 Å². The van der Waals surface area contributed by atoms with Crippen molar-refractivity contribution in [3.63, 3.8) is 0 Å². The summed E-state index contributed by atoms with van der Waals surface area (Å²) in [6.07, 6.45) is 0.414. The molecule has 1 aromatic heterocycles. The largest absolute Gasteiger partial charge is 0.495 e. The van der Waals surface area contributed by atoms with Gasteiger partial charge in [0.2, 0.25) is 10.0 Å². The summed E-state index contributed by atoms with van der Waals surface area (Å²) < 4.78 is 32.6.